The van der Waals surface area contributed by atoms with Crippen LogP contribution in [0.1, 0.15) is 38.1 Å². The van der Waals surface area contributed by atoms with E-state index >= 15 is 0 Å². The van der Waals surface area contributed by atoms with E-state index in [0.717, 1.165) is 40.4 Å². The molecule has 0 aliphatic carbocycles. The van der Waals surface area contributed by atoms with Gasteiger partial charge in [0.05, 0.1) is 16.6 Å². The first kappa shape index (κ1) is 16.9. The summed E-state index contributed by atoms with van der Waals surface area (Å²) in [6.07, 6.45) is 2.13. The van der Waals surface area contributed by atoms with E-state index < -0.39 is 0 Å². The zero-order valence-corrected chi connectivity index (χ0v) is 15.8. The van der Waals surface area contributed by atoms with Crippen LogP contribution in [0.4, 0.5) is 5.69 Å². The average Bonchev–Trinajstić information content (AvgIpc) is 2.62. The molecule has 2 heterocycles. The van der Waals surface area contributed by atoms with Gasteiger partial charge < -0.3 is 5.32 Å². The van der Waals surface area contributed by atoms with Crippen molar-refractivity contribution < 1.29 is 0 Å². The summed E-state index contributed by atoms with van der Waals surface area (Å²) in [6, 6.07) is 11.1. The molecular formula is C21H20ClN3O. The second kappa shape index (κ2) is 6.29. The topological polar surface area (TPSA) is 46.9 Å². The molecule has 0 radical (unpaired) electrons. The van der Waals surface area contributed by atoms with Gasteiger partial charge in [0.2, 0.25) is 0 Å². The number of hydrogen-bond donors (Lipinski definition) is 1. The molecule has 5 heteroatoms. The first-order valence-electron chi connectivity index (χ1n) is 8.74. The van der Waals surface area contributed by atoms with Crippen LogP contribution in [0.15, 0.2) is 47.3 Å². The van der Waals surface area contributed by atoms with Crippen LogP contribution in [0.3, 0.4) is 0 Å². The molecule has 4 rings (SSSR count). The number of halogens is 1. The molecule has 1 N–H and O–H groups in total. The highest BCUT2D eigenvalue weighted by molar-refractivity contribution is 6.30. The number of benzene rings is 2. The molecule has 0 saturated heterocycles. The predicted molar refractivity (Wildman–Crippen MR) is 109 cm³/mol. The minimum Gasteiger partial charge on any atom is -0.381 e. The Morgan fingerprint density at radius 3 is 2.58 bits per heavy atom. The summed E-state index contributed by atoms with van der Waals surface area (Å²) >= 11 is 6.02. The van der Waals surface area contributed by atoms with Crippen LogP contribution < -0.4 is 10.9 Å². The molecule has 1 aliphatic heterocycles. The molecular weight excluding hydrogens is 346 g/mol. The highest BCUT2D eigenvalue weighted by atomic mass is 35.5. The molecule has 0 atom stereocenters. The Morgan fingerprint density at radius 1 is 1.15 bits per heavy atom. The van der Waals surface area contributed by atoms with Gasteiger partial charge in [-0.1, -0.05) is 31.5 Å². The lowest BCUT2D eigenvalue weighted by molar-refractivity contribution is 0.723. The SMILES string of the molecule is CC1=CCNc2ccc3c(=O)n(-c4ccc(Cl)cc4)c(C(C)C)nc3c21. The van der Waals surface area contributed by atoms with Crippen LogP contribution in [-0.2, 0) is 0 Å². The Labute approximate surface area is 157 Å². The number of fused-ring (bicyclic) bond motifs is 3. The lowest BCUT2D eigenvalue weighted by atomic mass is 9.98. The zero-order valence-electron chi connectivity index (χ0n) is 15.0. The van der Waals surface area contributed by atoms with Crippen molar-refractivity contribution in [3.05, 3.63) is 69.2 Å². The van der Waals surface area contributed by atoms with E-state index in [1.165, 1.54) is 0 Å². The number of allylic oxidation sites excluding steroid dienone is 1. The Balaban J connectivity index is 2.10. The van der Waals surface area contributed by atoms with Crippen LogP contribution in [0, 0.1) is 0 Å². The van der Waals surface area contributed by atoms with Gasteiger partial charge >= 0.3 is 0 Å². The maximum absolute atomic E-state index is 13.4. The maximum atomic E-state index is 13.4. The third-order valence-corrected chi connectivity index (χ3v) is 5.02. The lowest BCUT2D eigenvalue weighted by Gasteiger charge is -2.21. The summed E-state index contributed by atoms with van der Waals surface area (Å²) in [7, 11) is 0. The molecule has 0 spiro atoms. The van der Waals surface area contributed by atoms with Crippen LogP contribution >= 0.6 is 11.6 Å². The minimum absolute atomic E-state index is 0.0535. The fourth-order valence-electron chi connectivity index (χ4n) is 3.46. The summed E-state index contributed by atoms with van der Waals surface area (Å²) in [5.41, 5.74) is 4.69. The third-order valence-electron chi connectivity index (χ3n) is 4.76. The van der Waals surface area contributed by atoms with Crippen molar-refractivity contribution in [2.75, 3.05) is 11.9 Å². The summed E-state index contributed by atoms with van der Waals surface area (Å²) in [6.45, 7) is 6.97. The number of rotatable bonds is 2. The Bertz CT molecular complexity index is 1090. The molecule has 0 amide bonds. The van der Waals surface area contributed by atoms with Crippen molar-refractivity contribution in [2.24, 2.45) is 0 Å². The van der Waals surface area contributed by atoms with Gasteiger partial charge in [0, 0.05) is 28.7 Å². The van der Waals surface area contributed by atoms with Crippen LogP contribution in [-0.4, -0.2) is 16.1 Å². The van der Waals surface area contributed by atoms with Crippen LogP contribution in [0.5, 0.6) is 0 Å². The van der Waals surface area contributed by atoms with E-state index in [1.54, 1.807) is 16.7 Å². The molecule has 2 aromatic carbocycles. The molecule has 1 aromatic heterocycles. The van der Waals surface area contributed by atoms with Gasteiger partial charge in [0.1, 0.15) is 5.82 Å². The van der Waals surface area contributed by atoms with Crippen molar-refractivity contribution in [2.45, 2.75) is 26.7 Å². The van der Waals surface area contributed by atoms with Crippen molar-refractivity contribution in [1.29, 1.82) is 0 Å². The van der Waals surface area contributed by atoms with Gasteiger partial charge in [-0.2, -0.15) is 0 Å². The van der Waals surface area contributed by atoms with E-state index in [9.17, 15) is 4.79 Å². The Kier molecular flexibility index (Phi) is 4.08. The fourth-order valence-corrected chi connectivity index (χ4v) is 3.58. The molecule has 0 unspecified atom stereocenters. The van der Waals surface area contributed by atoms with Gasteiger partial charge in [-0.15, -0.1) is 0 Å². The average molecular weight is 366 g/mol. The summed E-state index contributed by atoms with van der Waals surface area (Å²) < 4.78 is 1.70. The number of anilines is 1. The molecule has 26 heavy (non-hydrogen) atoms. The second-order valence-electron chi connectivity index (χ2n) is 6.89. The maximum Gasteiger partial charge on any atom is 0.266 e. The van der Waals surface area contributed by atoms with Crippen molar-refractivity contribution >= 4 is 33.8 Å². The molecule has 3 aromatic rings. The lowest BCUT2D eigenvalue weighted by Crippen LogP contribution is -2.25. The van der Waals surface area contributed by atoms with E-state index in [1.807, 2.05) is 24.3 Å². The predicted octanol–water partition coefficient (Wildman–Crippen LogP) is 4.99. The summed E-state index contributed by atoms with van der Waals surface area (Å²) in [5, 5.41) is 4.63. The van der Waals surface area contributed by atoms with Crippen LogP contribution in [0.2, 0.25) is 5.02 Å². The van der Waals surface area contributed by atoms with E-state index in [0.29, 0.717) is 10.4 Å². The molecule has 0 fully saturated rings. The number of hydrogen-bond acceptors (Lipinski definition) is 3. The molecule has 1 aliphatic rings. The van der Waals surface area contributed by atoms with E-state index in [4.69, 9.17) is 16.6 Å². The second-order valence-corrected chi connectivity index (χ2v) is 7.33. The third kappa shape index (κ3) is 2.61. The fraction of sp³-hybridized carbons (Fsp3) is 0.238. The number of nitrogens with zero attached hydrogens (tertiary/aromatic N) is 2. The van der Waals surface area contributed by atoms with Crippen LogP contribution in [0.25, 0.3) is 22.2 Å². The van der Waals surface area contributed by atoms with Gasteiger partial charge in [0.15, 0.2) is 0 Å². The largest absolute Gasteiger partial charge is 0.381 e. The first-order chi connectivity index (χ1) is 12.5. The van der Waals surface area contributed by atoms with Gasteiger partial charge in [-0.05, 0) is 48.9 Å². The molecule has 4 nitrogen and oxygen atoms in total. The van der Waals surface area contributed by atoms with Gasteiger partial charge in [0.25, 0.3) is 5.56 Å². The van der Waals surface area contributed by atoms with Gasteiger partial charge in [-0.25, -0.2) is 4.98 Å². The normalized spacial score (nSPS) is 13.5. The van der Waals surface area contributed by atoms with E-state index in [2.05, 4.69) is 32.2 Å². The quantitative estimate of drug-likeness (QED) is 0.695. The summed E-state index contributed by atoms with van der Waals surface area (Å²) in [4.78, 5) is 18.3. The Hall–Kier alpha value is -2.59. The molecule has 0 saturated carbocycles. The molecule has 132 valence electrons. The zero-order chi connectivity index (χ0) is 18.4. The molecule has 0 bridgehead atoms. The van der Waals surface area contributed by atoms with E-state index in [-0.39, 0.29) is 11.5 Å². The first-order valence-corrected chi connectivity index (χ1v) is 9.12. The van der Waals surface area contributed by atoms with Crippen molar-refractivity contribution in [1.82, 2.24) is 9.55 Å². The van der Waals surface area contributed by atoms with Gasteiger partial charge in [-0.3, -0.25) is 9.36 Å². The van der Waals surface area contributed by atoms with Crippen molar-refractivity contribution in [3.8, 4) is 5.69 Å². The Morgan fingerprint density at radius 2 is 1.88 bits per heavy atom. The standard InChI is InChI=1S/C21H20ClN3O/c1-12(2)20-24-19-16(8-9-17-18(19)13(3)10-11-23-17)21(26)25(20)15-6-4-14(22)5-7-15/h4-10,12,23H,11H2,1-3H3. The van der Waals surface area contributed by atoms with Crippen molar-refractivity contribution in [3.63, 3.8) is 0 Å². The smallest absolute Gasteiger partial charge is 0.266 e. The number of nitrogens with one attached hydrogen (secondary N) is 1. The highest BCUT2D eigenvalue weighted by Crippen LogP contribution is 2.33. The summed E-state index contributed by atoms with van der Waals surface area (Å²) in [5.74, 6) is 0.844. The highest BCUT2D eigenvalue weighted by Gasteiger charge is 2.20. The number of aromatic nitrogens is 2. The monoisotopic (exact) mass is 365 g/mol. The minimum atomic E-state index is -0.0535.